The van der Waals surface area contributed by atoms with Crippen LogP contribution in [0.1, 0.15) is 13.3 Å². The zero-order chi connectivity index (χ0) is 15.2. The molecular weight excluding hydrogens is 284 g/mol. The third-order valence-electron chi connectivity index (χ3n) is 2.77. The molecule has 1 aromatic rings. The van der Waals surface area contributed by atoms with Crippen LogP contribution in [-0.2, 0) is 14.6 Å². The van der Waals surface area contributed by atoms with Gasteiger partial charge in [-0.25, -0.2) is 8.42 Å². The lowest BCUT2D eigenvalue weighted by Crippen LogP contribution is -2.33. The van der Waals surface area contributed by atoms with Crippen LogP contribution in [0.25, 0.3) is 0 Å². The number of sulfone groups is 1. The SMILES string of the molecule is CCC(C(=O)O)S(=O)(=O)CCOc1ccccc1OC. The van der Waals surface area contributed by atoms with Crippen molar-refractivity contribution in [3.63, 3.8) is 0 Å². The average molecular weight is 302 g/mol. The van der Waals surface area contributed by atoms with Gasteiger partial charge in [0.05, 0.1) is 12.9 Å². The lowest BCUT2D eigenvalue weighted by molar-refractivity contribution is -0.136. The number of benzene rings is 1. The molecule has 0 bridgehead atoms. The van der Waals surface area contributed by atoms with Crippen LogP contribution in [0.4, 0.5) is 0 Å². The fourth-order valence-corrected chi connectivity index (χ4v) is 3.15. The first-order valence-corrected chi connectivity index (χ1v) is 7.84. The van der Waals surface area contributed by atoms with Gasteiger partial charge in [-0.1, -0.05) is 19.1 Å². The van der Waals surface area contributed by atoms with Crippen molar-refractivity contribution in [2.45, 2.75) is 18.6 Å². The molecule has 0 aliphatic rings. The molecule has 1 unspecified atom stereocenters. The topological polar surface area (TPSA) is 89.9 Å². The Balaban J connectivity index is 2.66. The number of rotatable bonds is 8. The number of methoxy groups -OCH3 is 1. The summed E-state index contributed by atoms with van der Waals surface area (Å²) in [6.45, 7) is 1.41. The second kappa shape index (κ2) is 7.14. The van der Waals surface area contributed by atoms with Gasteiger partial charge in [-0.15, -0.1) is 0 Å². The van der Waals surface area contributed by atoms with E-state index in [1.807, 2.05) is 0 Å². The van der Waals surface area contributed by atoms with Crippen LogP contribution in [0.5, 0.6) is 11.5 Å². The lowest BCUT2D eigenvalue weighted by atomic mass is 10.3. The highest BCUT2D eigenvalue weighted by molar-refractivity contribution is 7.92. The molecule has 112 valence electrons. The summed E-state index contributed by atoms with van der Waals surface area (Å²) < 4.78 is 34.1. The van der Waals surface area contributed by atoms with Gasteiger partial charge in [0.2, 0.25) is 0 Å². The largest absolute Gasteiger partial charge is 0.493 e. The molecule has 0 saturated heterocycles. The summed E-state index contributed by atoms with van der Waals surface area (Å²) in [5.74, 6) is -0.760. The second-order valence-electron chi connectivity index (χ2n) is 4.10. The van der Waals surface area contributed by atoms with Crippen molar-refractivity contribution in [1.29, 1.82) is 0 Å². The Hall–Kier alpha value is -1.76. The predicted octanol–water partition coefficient (Wildman–Crippen LogP) is 1.35. The maximum absolute atomic E-state index is 11.9. The summed E-state index contributed by atoms with van der Waals surface area (Å²) in [5.41, 5.74) is 0. The highest BCUT2D eigenvalue weighted by atomic mass is 32.2. The zero-order valence-corrected chi connectivity index (χ0v) is 12.2. The Bertz CT molecular complexity index is 552. The highest BCUT2D eigenvalue weighted by Crippen LogP contribution is 2.25. The average Bonchev–Trinajstić information content (AvgIpc) is 2.39. The molecule has 0 amide bonds. The summed E-state index contributed by atoms with van der Waals surface area (Å²) >= 11 is 0. The molecule has 1 rings (SSSR count). The van der Waals surface area contributed by atoms with E-state index in [9.17, 15) is 13.2 Å². The Kier molecular flexibility index (Phi) is 5.82. The molecule has 0 aliphatic heterocycles. The number of carbonyl (C=O) groups is 1. The van der Waals surface area contributed by atoms with Crippen LogP contribution in [-0.4, -0.2) is 44.2 Å². The van der Waals surface area contributed by atoms with E-state index in [1.54, 1.807) is 24.3 Å². The summed E-state index contributed by atoms with van der Waals surface area (Å²) in [4.78, 5) is 10.9. The number of para-hydroxylation sites is 2. The first kappa shape index (κ1) is 16.3. The molecule has 1 atom stereocenters. The summed E-state index contributed by atoms with van der Waals surface area (Å²) in [5, 5.41) is 7.48. The lowest BCUT2D eigenvalue weighted by Gasteiger charge is -2.13. The third kappa shape index (κ3) is 4.12. The zero-order valence-electron chi connectivity index (χ0n) is 11.4. The first-order valence-electron chi connectivity index (χ1n) is 6.12. The molecule has 0 heterocycles. The van der Waals surface area contributed by atoms with E-state index in [0.29, 0.717) is 11.5 Å². The molecule has 1 N–H and O–H groups in total. The summed E-state index contributed by atoms with van der Waals surface area (Å²) in [6, 6.07) is 6.84. The van der Waals surface area contributed by atoms with Crippen molar-refractivity contribution in [2.24, 2.45) is 0 Å². The van der Waals surface area contributed by atoms with Crippen molar-refractivity contribution >= 4 is 15.8 Å². The molecule has 0 saturated carbocycles. The minimum absolute atomic E-state index is 0.0341. The van der Waals surface area contributed by atoms with Gasteiger partial charge < -0.3 is 14.6 Å². The maximum atomic E-state index is 11.9. The summed E-state index contributed by atoms with van der Waals surface area (Å²) in [7, 11) is -2.24. The van der Waals surface area contributed by atoms with Crippen molar-refractivity contribution < 1.29 is 27.8 Å². The van der Waals surface area contributed by atoms with Gasteiger partial charge in [0, 0.05) is 0 Å². The van der Waals surface area contributed by atoms with E-state index >= 15 is 0 Å². The molecule has 0 aromatic heterocycles. The van der Waals surface area contributed by atoms with E-state index in [1.165, 1.54) is 14.0 Å². The molecule has 0 radical (unpaired) electrons. The maximum Gasteiger partial charge on any atom is 0.321 e. The fraction of sp³-hybridized carbons (Fsp3) is 0.462. The van der Waals surface area contributed by atoms with Gasteiger partial charge in [-0.2, -0.15) is 0 Å². The quantitative estimate of drug-likeness (QED) is 0.779. The smallest absolute Gasteiger partial charge is 0.321 e. The van der Waals surface area contributed by atoms with Gasteiger partial charge >= 0.3 is 5.97 Å². The van der Waals surface area contributed by atoms with Crippen LogP contribution >= 0.6 is 0 Å². The van der Waals surface area contributed by atoms with Crippen LogP contribution in [0.15, 0.2) is 24.3 Å². The van der Waals surface area contributed by atoms with Gasteiger partial charge in [0.15, 0.2) is 26.6 Å². The normalized spacial score (nSPS) is 12.7. The van der Waals surface area contributed by atoms with Crippen molar-refractivity contribution in [3.8, 4) is 11.5 Å². The Morgan fingerprint density at radius 1 is 1.30 bits per heavy atom. The molecule has 20 heavy (non-hydrogen) atoms. The first-order chi connectivity index (χ1) is 9.42. The molecule has 6 nitrogen and oxygen atoms in total. The second-order valence-corrected chi connectivity index (χ2v) is 6.40. The van der Waals surface area contributed by atoms with E-state index in [-0.39, 0.29) is 18.8 Å². The predicted molar refractivity (Wildman–Crippen MR) is 74.0 cm³/mol. The number of ether oxygens (including phenoxy) is 2. The van der Waals surface area contributed by atoms with E-state index in [4.69, 9.17) is 14.6 Å². The van der Waals surface area contributed by atoms with Crippen LogP contribution in [0.2, 0.25) is 0 Å². The Labute approximate surface area is 118 Å². The number of hydrogen-bond donors (Lipinski definition) is 1. The Morgan fingerprint density at radius 2 is 1.90 bits per heavy atom. The van der Waals surface area contributed by atoms with E-state index < -0.39 is 21.1 Å². The van der Waals surface area contributed by atoms with Crippen molar-refractivity contribution in [3.05, 3.63) is 24.3 Å². The van der Waals surface area contributed by atoms with Gasteiger partial charge in [-0.05, 0) is 18.6 Å². The molecular formula is C13H18O6S. The number of aliphatic carboxylic acids is 1. The van der Waals surface area contributed by atoms with Crippen LogP contribution in [0.3, 0.4) is 0 Å². The molecule has 0 fully saturated rings. The minimum atomic E-state index is -3.73. The third-order valence-corrected chi connectivity index (χ3v) is 4.91. The standard InChI is InChI=1S/C13H18O6S/c1-3-12(13(14)15)20(16,17)9-8-19-11-7-5-4-6-10(11)18-2/h4-7,12H,3,8-9H2,1-2H3,(H,14,15). The fourth-order valence-electron chi connectivity index (χ4n) is 1.73. The van der Waals surface area contributed by atoms with E-state index in [2.05, 4.69) is 0 Å². The molecule has 1 aromatic carbocycles. The summed E-state index contributed by atoms with van der Waals surface area (Å²) in [6.07, 6.45) is 0.0341. The number of hydrogen-bond acceptors (Lipinski definition) is 5. The molecule has 7 heteroatoms. The Morgan fingerprint density at radius 3 is 2.40 bits per heavy atom. The van der Waals surface area contributed by atoms with Crippen molar-refractivity contribution in [1.82, 2.24) is 0 Å². The monoisotopic (exact) mass is 302 g/mol. The van der Waals surface area contributed by atoms with Gasteiger partial charge in [-0.3, -0.25) is 4.79 Å². The molecule has 0 spiro atoms. The minimum Gasteiger partial charge on any atom is -0.493 e. The van der Waals surface area contributed by atoms with Gasteiger partial charge in [0.25, 0.3) is 0 Å². The highest BCUT2D eigenvalue weighted by Gasteiger charge is 2.30. The van der Waals surface area contributed by atoms with Crippen LogP contribution in [0, 0.1) is 0 Å². The van der Waals surface area contributed by atoms with Gasteiger partial charge in [0.1, 0.15) is 6.61 Å². The number of carboxylic acid groups (broad SMARTS) is 1. The van der Waals surface area contributed by atoms with Crippen LogP contribution < -0.4 is 9.47 Å². The van der Waals surface area contributed by atoms with Crippen molar-refractivity contribution in [2.75, 3.05) is 19.5 Å². The molecule has 0 aliphatic carbocycles. The number of carboxylic acids is 1. The van der Waals surface area contributed by atoms with E-state index in [0.717, 1.165) is 0 Å².